The van der Waals surface area contributed by atoms with Gasteiger partial charge in [-0.15, -0.1) is 5.11 Å². The molecule has 1 heterocycles. The summed E-state index contributed by atoms with van der Waals surface area (Å²) >= 11 is 0. The molecule has 0 aliphatic rings. The van der Waals surface area contributed by atoms with Gasteiger partial charge in [-0.2, -0.15) is 21.9 Å². The molecule has 0 bridgehead atoms. The van der Waals surface area contributed by atoms with Crippen LogP contribution < -0.4 is 15.0 Å². The molecular weight excluding hydrogens is 472 g/mol. The summed E-state index contributed by atoms with van der Waals surface area (Å²) in [6, 6.07) is 8.69. The van der Waals surface area contributed by atoms with Crippen LogP contribution in [0, 0.1) is 0 Å². The Hall–Kier alpha value is -3.86. The fourth-order valence-corrected chi connectivity index (χ4v) is 3.13. The van der Waals surface area contributed by atoms with Crippen LogP contribution in [-0.2, 0) is 20.2 Å². The first-order valence-electron chi connectivity index (χ1n) is 8.20. The number of hydrogen-bond donors (Lipinski definition) is 4. The first kappa shape index (κ1) is 22.8. The highest BCUT2D eigenvalue weighted by Gasteiger charge is 2.17. The maximum absolute atomic E-state index is 11.9. The first-order chi connectivity index (χ1) is 14.9. The Bertz CT molecular complexity index is 1440. The number of nitrogens with zero attached hydrogens (tertiary/aromatic N) is 2. The summed E-state index contributed by atoms with van der Waals surface area (Å²) < 4.78 is 71.6. The number of aromatic nitrogens is 2. The van der Waals surface area contributed by atoms with Gasteiger partial charge in [0.05, 0.1) is 15.5 Å². The Morgan fingerprint density at radius 3 is 1.84 bits per heavy atom. The number of nitrogens with one attached hydrogen (secondary N) is 2. The van der Waals surface area contributed by atoms with Gasteiger partial charge in [-0.3, -0.25) is 24.1 Å². The molecule has 3 rings (SSSR count). The molecule has 3 aromatic rings. The van der Waals surface area contributed by atoms with Gasteiger partial charge in [-0.25, -0.2) is 4.79 Å². The van der Waals surface area contributed by atoms with E-state index in [9.17, 15) is 26.4 Å². The molecule has 0 amide bonds. The minimum atomic E-state index is -4.42. The highest BCUT2D eigenvalue weighted by Crippen LogP contribution is 2.24. The predicted molar refractivity (Wildman–Crippen MR) is 105 cm³/mol. The molecule has 0 saturated carbocycles. The molecule has 0 radical (unpaired) electrons. The standard InChI is InChI=1S/C16H12N4O10S2/c21-14-13(18-17-9-1-5-11(6-2-9)31(23,24)25)15(20-19-14)30-16(22)29-10-3-7-12(8-4-10)32(26,27)28/h1-8H,(H2,19,20,21)(H,23,24,25)(H,26,27,28). The van der Waals surface area contributed by atoms with E-state index in [1.807, 2.05) is 0 Å². The lowest BCUT2D eigenvalue weighted by Gasteiger charge is -2.04. The molecule has 32 heavy (non-hydrogen) atoms. The minimum Gasteiger partial charge on any atom is -0.395 e. The Balaban J connectivity index is 1.72. The van der Waals surface area contributed by atoms with Crippen molar-refractivity contribution < 1.29 is 40.2 Å². The number of carbonyl (C=O) groups excluding carboxylic acids is 1. The summed E-state index contributed by atoms with van der Waals surface area (Å²) in [6.45, 7) is 0. The second-order valence-corrected chi connectivity index (χ2v) is 8.67. The lowest BCUT2D eigenvalue weighted by atomic mass is 10.3. The summed E-state index contributed by atoms with van der Waals surface area (Å²) in [4.78, 5) is 23.0. The average Bonchev–Trinajstić information content (AvgIpc) is 3.05. The number of rotatable bonds is 6. The third kappa shape index (κ3) is 5.64. The molecular formula is C16H12N4O10S2. The molecule has 0 fully saturated rings. The Morgan fingerprint density at radius 2 is 1.31 bits per heavy atom. The van der Waals surface area contributed by atoms with Gasteiger partial charge in [0, 0.05) is 0 Å². The van der Waals surface area contributed by atoms with Crippen LogP contribution in [0.5, 0.6) is 11.6 Å². The van der Waals surface area contributed by atoms with Crippen LogP contribution in [0.1, 0.15) is 0 Å². The van der Waals surface area contributed by atoms with Gasteiger partial charge in [0.2, 0.25) is 5.69 Å². The predicted octanol–water partition coefficient (Wildman–Crippen LogP) is 2.19. The lowest BCUT2D eigenvalue weighted by Crippen LogP contribution is -2.14. The molecule has 0 aliphatic heterocycles. The molecule has 1 aromatic heterocycles. The monoisotopic (exact) mass is 484 g/mol. The van der Waals surface area contributed by atoms with Gasteiger partial charge >= 0.3 is 6.16 Å². The summed E-state index contributed by atoms with van der Waals surface area (Å²) in [7, 11) is -8.81. The number of carbonyl (C=O) groups is 1. The van der Waals surface area contributed by atoms with Crippen LogP contribution >= 0.6 is 0 Å². The first-order valence-corrected chi connectivity index (χ1v) is 11.1. The van der Waals surface area contributed by atoms with E-state index < -0.39 is 48.4 Å². The van der Waals surface area contributed by atoms with Crippen LogP contribution in [-0.4, -0.2) is 42.3 Å². The van der Waals surface area contributed by atoms with E-state index in [1.54, 1.807) is 0 Å². The van der Waals surface area contributed by atoms with Crippen LogP contribution in [0.2, 0.25) is 0 Å². The number of ether oxygens (including phenoxy) is 2. The zero-order valence-corrected chi connectivity index (χ0v) is 17.1. The van der Waals surface area contributed by atoms with Gasteiger partial charge in [0.15, 0.2) is 0 Å². The fourth-order valence-electron chi connectivity index (χ4n) is 2.17. The summed E-state index contributed by atoms with van der Waals surface area (Å²) in [6.07, 6.45) is -1.31. The summed E-state index contributed by atoms with van der Waals surface area (Å²) in [5.41, 5.74) is -1.13. The SMILES string of the molecule is O=C(Oc1ccc(S(=O)(=O)O)cc1)Oc1[nH][nH]c(=O)c1N=Nc1ccc(S(=O)(=O)O)cc1. The second kappa shape index (κ2) is 8.71. The smallest absolute Gasteiger partial charge is 0.395 e. The van der Waals surface area contributed by atoms with E-state index in [0.717, 1.165) is 36.4 Å². The molecule has 2 aromatic carbocycles. The summed E-state index contributed by atoms with van der Waals surface area (Å²) in [5, 5.41) is 11.7. The van der Waals surface area contributed by atoms with Crippen molar-refractivity contribution >= 4 is 37.8 Å². The van der Waals surface area contributed by atoms with E-state index >= 15 is 0 Å². The molecule has 4 N–H and O–H groups in total. The molecule has 0 aliphatic carbocycles. The van der Waals surface area contributed by atoms with Crippen molar-refractivity contribution in [1.82, 2.24) is 10.2 Å². The quantitative estimate of drug-likeness (QED) is 0.173. The normalized spacial score (nSPS) is 12.1. The maximum atomic E-state index is 11.9. The molecule has 0 atom stereocenters. The lowest BCUT2D eigenvalue weighted by molar-refractivity contribution is 0.150. The number of H-pyrrole nitrogens is 2. The molecule has 0 spiro atoms. The molecule has 0 saturated heterocycles. The molecule has 168 valence electrons. The van der Waals surface area contributed by atoms with Crippen molar-refractivity contribution in [2.45, 2.75) is 9.79 Å². The van der Waals surface area contributed by atoms with Gasteiger partial charge in [0.25, 0.3) is 31.7 Å². The number of hydrogen-bond acceptors (Lipinski definition) is 10. The highest BCUT2D eigenvalue weighted by atomic mass is 32.2. The van der Waals surface area contributed by atoms with Gasteiger partial charge in [0.1, 0.15) is 5.75 Å². The van der Waals surface area contributed by atoms with Crippen molar-refractivity contribution in [3.63, 3.8) is 0 Å². The van der Waals surface area contributed by atoms with Gasteiger partial charge in [-0.05, 0) is 48.5 Å². The van der Waals surface area contributed by atoms with E-state index in [2.05, 4.69) is 20.4 Å². The van der Waals surface area contributed by atoms with Crippen LogP contribution in [0.15, 0.2) is 73.3 Å². The van der Waals surface area contributed by atoms with Crippen molar-refractivity contribution in [3.05, 3.63) is 58.9 Å². The second-order valence-electron chi connectivity index (χ2n) is 5.83. The number of benzene rings is 2. The fraction of sp³-hybridized carbons (Fsp3) is 0. The minimum absolute atomic E-state index is 0.116. The third-order valence-electron chi connectivity index (χ3n) is 3.63. The van der Waals surface area contributed by atoms with E-state index in [1.165, 1.54) is 12.1 Å². The van der Waals surface area contributed by atoms with E-state index in [0.29, 0.717) is 0 Å². The van der Waals surface area contributed by atoms with Crippen LogP contribution in [0.25, 0.3) is 0 Å². The Kier molecular flexibility index (Phi) is 6.21. The zero-order valence-electron chi connectivity index (χ0n) is 15.5. The third-order valence-corrected chi connectivity index (χ3v) is 5.36. The van der Waals surface area contributed by atoms with Gasteiger partial charge in [-0.1, -0.05) is 0 Å². The van der Waals surface area contributed by atoms with Crippen molar-refractivity contribution in [3.8, 4) is 11.6 Å². The largest absolute Gasteiger partial charge is 0.520 e. The van der Waals surface area contributed by atoms with Crippen LogP contribution in [0.3, 0.4) is 0 Å². The Morgan fingerprint density at radius 1 is 0.781 bits per heavy atom. The topological polar surface area (TPSA) is 218 Å². The zero-order chi connectivity index (χ0) is 23.5. The molecule has 16 heteroatoms. The number of aromatic amines is 2. The Labute approximate surface area is 179 Å². The van der Waals surface area contributed by atoms with E-state index in [4.69, 9.17) is 18.6 Å². The maximum Gasteiger partial charge on any atom is 0.520 e. The highest BCUT2D eigenvalue weighted by molar-refractivity contribution is 7.86. The average molecular weight is 484 g/mol. The number of azo groups is 1. The van der Waals surface area contributed by atoms with Gasteiger partial charge < -0.3 is 9.47 Å². The van der Waals surface area contributed by atoms with Crippen molar-refractivity contribution in [1.29, 1.82) is 0 Å². The van der Waals surface area contributed by atoms with Crippen molar-refractivity contribution in [2.75, 3.05) is 0 Å². The van der Waals surface area contributed by atoms with Crippen molar-refractivity contribution in [2.24, 2.45) is 10.2 Å². The molecule has 0 unspecified atom stereocenters. The van der Waals surface area contributed by atoms with Crippen LogP contribution in [0.4, 0.5) is 16.2 Å². The van der Waals surface area contributed by atoms with E-state index in [-0.39, 0.29) is 16.3 Å². The molecule has 14 nitrogen and oxygen atoms in total. The summed E-state index contributed by atoms with van der Waals surface area (Å²) in [5.74, 6) is -0.574.